The number of hydrogen-bond donors (Lipinski definition) is 6. The van der Waals surface area contributed by atoms with Crippen molar-refractivity contribution >= 4 is 17.7 Å². The van der Waals surface area contributed by atoms with E-state index in [1.807, 2.05) is 0 Å². The average molecular weight is 406 g/mol. The molecule has 12 heteroatoms. The molecule has 1 aliphatic rings. The zero-order chi connectivity index (χ0) is 20.9. The SMILES string of the molecule is CCC(=O)NCC(=O)NCCOCCOC1OC(CO)NC(O)C1NC(C)=O. The summed E-state index contributed by atoms with van der Waals surface area (Å²) < 4.78 is 16.2. The largest absolute Gasteiger partial charge is 0.392 e. The quantitative estimate of drug-likeness (QED) is 0.182. The number of ether oxygens (including phenoxy) is 3. The Balaban J connectivity index is 2.21. The van der Waals surface area contributed by atoms with Gasteiger partial charge in [-0.3, -0.25) is 19.7 Å². The van der Waals surface area contributed by atoms with E-state index >= 15 is 0 Å². The van der Waals surface area contributed by atoms with Gasteiger partial charge in [-0.2, -0.15) is 0 Å². The van der Waals surface area contributed by atoms with Crippen molar-refractivity contribution in [3.8, 4) is 0 Å². The molecule has 4 atom stereocenters. The molecule has 0 aliphatic carbocycles. The Kier molecular flexibility index (Phi) is 11.6. The number of amides is 3. The maximum Gasteiger partial charge on any atom is 0.239 e. The summed E-state index contributed by atoms with van der Waals surface area (Å²) in [5, 5.41) is 29.3. The van der Waals surface area contributed by atoms with E-state index in [0.717, 1.165) is 0 Å². The monoisotopic (exact) mass is 406 g/mol. The lowest BCUT2D eigenvalue weighted by Crippen LogP contribution is -2.65. The van der Waals surface area contributed by atoms with Crippen LogP contribution in [0.5, 0.6) is 0 Å². The van der Waals surface area contributed by atoms with Gasteiger partial charge < -0.3 is 40.4 Å². The van der Waals surface area contributed by atoms with Gasteiger partial charge in [-0.1, -0.05) is 6.92 Å². The van der Waals surface area contributed by atoms with Gasteiger partial charge in [-0.25, -0.2) is 0 Å². The van der Waals surface area contributed by atoms with Crippen LogP contribution in [0.1, 0.15) is 20.3 Å². The normalized spacial score (nSPS) is 24.4. The molecule has 162 valence electrons. The van der Waals surface area contributed by atoms with Crippen LogP contribution in [0.15, 0.2) is 0 Å². The first kappa shape index (κ1) is 24.2. The van der Waals surface area contributed by atoms with Gasteiger partial charge in [0.2, 0.25) is 17.7 Å². The number of carbonyl (C=O) groups excluding carboxylic acids is 3. The highest BCUT2D eigenvalue weighted by atomic mass is 16.7. The Labute approximate surface area is 163 Å². The van der Waals surface area contributed by atoms with Crippen LogP contribution in [-0.2, 0) is 28.6 Å². The lowest BCUT2D eigenvalue weighted by atomic mass is 10.2. The predicted octanol–water partition coefficient (Wildman–Crippen LogP) is -3.25. The van der Waals surface area contributed by atoms with Crippen molar-refractivity contribution in [2.75, 3.05) is 39.5 Å². The zero-order valence-electron chi connectivity index (χ0n) is 16.1. The van der Waals surface area contributed by atoms with E-state index in [0.29, 0.717) is 6.42 Å². The second kappa shape index (κ2) is 13.4. The van der Waals surface area contributed by atoms with Crippen molar-refractivity contribution in [3.63, 3.8) is 0 Å². The molecule has 0 aromatic heterocycles. The molecular formula is C16H30N4O8. The summed E-state index contributed by atoms with van der Waals surface area (Å²) in [7, 11) is 0. The van der Waals surface area contributed by atoms with Gasteiger partial charge in [-0.05, 0) is 0 Å². The second-order valence-corrected chi connectivity index (χ2v) is 5.98. The van der Waals surface area contributed by atoms with E-state index in [1.165, 1.54) is 6.92 Å². The van der Waals surface area contributed by atoms with Gasteiger partial charge >= 0.3 is 0 Å². The molecule has 1 fully saturated rings. The summed E-state index contributed by atoms with van der Waals surface area (Å²) in [6.07, 6.45) is -2.63. The molecule has 0 bridgehead atoms. The first-order valence-corrected chi connectivity index (χ1v) is 9.07. The van der Waals surface area contributed by atoms with Crippen LogP contribution in [-0.4, -0.2) is 92.2 Å². The molecule has 1 aliphatic heterocycles. The van der Waals surface area contributed by atoms with E-state index in [1.54, 1.807) is 6.92 Å². The van der Waals surface area contributed by atoms with Crippen molar-refractivity contribution in [2.24, 2.45) is 0 Å². The van der Waals surface area contributed by atoms with Crippen LogP contribution in [0.25, 0.3) is 0 Å². The van der Waals surface area contributed by atoms with E-state index in [9.17, 15) is 19.5 Å². The molecule has 0 aromatic carbocycles. The van der Waals surface area contributed by atoms with E-state index in [-0.39, 0.29) is 57.2 Å². The second-order valence-electron chi connectivity index (χ2n) is 5.98. The summed E-state index contributed by atoms with van der Waals surface area (Å²) in [5.74, 6) is -0.880. The zero-order valence-corrected chi connectivity index (χ0v) is 16.1. The molecular weight excluding hydrogens is 376 g/mol. The minimum Gasteiger partial charge on any atom is -0.392 e. The van der Waals surface area contributed by atoms with Crippen LogP contribution in [0.4, 0.5) is 0 Å². The number of nitrogens with one attached hydrogen (secondary N) is 4. The Morgan fingerprint density at radius 3 is 2.54 bits per heavy atom. The third kappa shape index (κ3) is 9.39. The lowest BCUT2D eigenvalue weighted by Gasteiger charge is -2.39. The minimum atomic E-state index is -1.15. The highest BCUT2D eigenvalue weighted by Crippen LogP contribution is 2.14. The van der Waals surface area contributed by atoms with Gasteiger partial charge in [0, 0.05) is 19.9 Å². The molecule has 1 saturated heterocycles. The minimum absolute atomic E-state index is 0.0816. The van der Waals surface area contributed by atoms with E-state index in [4.69, 9.17) is 19.3 Å². The molecule has 3 amide bonds. The number of carbonyl (C=O) groups is 3. The molecule has 0 spiro atoms. The molecule has 1 rings (SSSR count). The molecule has 12 nitrogen and oxygen atoms in total. The highest BCUT2D eigenvalue weighted by molar-refractivity contribution is 5.84. The first-order valence-electron chi connectivity index (χ1n) is 9.07. The van der Waals surface area contributed by atoms with Gasteiger partial charge in [0.25, 0.3) is 0 Å². The van der Waals surface area contributed by atoms with Crippen molar-refractivity contribution in [1.82, 2.24) is 21.3 Å². The summed E-state index contributed by atoms with van der Waals surface area (Å²) in [6.45, 7) is 3.33. The van der Waals surface area contributed by atoms with Crippen molar-refractivity contribution in [2.45, 2.75) is 45.1 Å². The number of hydrogen-bond acceptors (Lipinski definition) is 9. The van der Waals surface area contributed by atoms with Gasteiger partial charge in [0.15, 0.2) is 6.29 Å². The van der Waals surface area contributed by atoms with Gasteiger partial charge in [0.05, 0.1) is 33.0 Å². The maximum atomic E-state index is 11.5. The number of aliphatic hydroxyl groups is 2. The van der Waals surface area contributed by atoms with E-state index < -0.39 is 24.8 Å². The Morgan fingerprint density at radius 2 is 1.89 bits per heavy atom. The number of rotatable bonds is 12. The third-order valence-electron chi connectivity index (χ3n) is 3.67. The molecule has 0 aromatic rings. The summed E-state index contributed by atoms with van der Waals surface area (Å²) in [5.41, 5.74) is 0. The van der Waals surface area contributed by atoms with Crippen LogP contribution in [0.3, 0.4) is 0 Å². The smallest absolute Gasteiger partial charge is 0.239 e. The molecule has 28 heavy (non-hydrogen) atoms. The maximum absolute atomic E-state index is 11.5. The summed E-state index contributed by atoms with van der Waals surface area (Å²) in [4.78, 5) is 33.8. The fraction of sp³-hybridized carbons (Fsp3) is 0.812. The summed E-state index contributed by atoms with van der Waals surface area (Å²) in [6, 6.07) is -0.849. The summed E-state index contributed by atoms with van der Waals surface area (Å²) >= 11 is 0. The first-order chi connectivity index (χ1) is 13.4. The van der Waals surface area contributed by atoms with Crippen LogP contribution in [0, 0.1) is 0 Å². The van der Waals surface area contributed by atoms with Crippen molar-refractivity contribution in [3.05, 3.63) is 0 Å². The van der Waals surface area contributed by atoms with E-state index in [2.05, 4.69) is 21.3 Å². The molecule has 1 heterocycles. The highest BCUT2D eigenvalue weighted by Gasteiger charge is 2.38. The van der Waals surface area contributed by atoms with Gasteiger partial charge in [0.1, 0.15) is 18.5 Å². The van der Waals surface area contributed by atoms with Crippen LogP contribution >= 0.6 is 0 Å². The van der Waals surface area contributed by atoms with Gasteiger partial charge in [-0.15, -0.1) is 0 Å². The lowest BCUT2D eigenvalue weighted by molar-refractivity contribution is -0.252. The molecule has 6 N–H and O–H groups in total. The molecule has 0 saturated carbocycles. The van der Waals surface area contributed by atoms with Crippen molar-refractivity contribution < 1.29 is 38.8 Å². The predicted molar refractivity (Wildman–Crippen MR) is 95.6 cm³/mol. The fourth-order valence-electron chi connectivity index (χ4n) is 2.30. The third-order valence-corrected chi connectivity index (χ3v) is 3.67. The topological polar surface area (TPSA) is 167 Å². The average Bonchev–Trinajstić information content (AvgIpc) is 2.66. The molecule has 4 unspecified atom stereocenters. The van der Waals surface area contributed by atoms with Crippen LogP contribution in [0.2, 0.25) is 0 Å². The Hall–Kier alpha value is -1.83. The Morgan fingerprint density at radius 1 is 1.14 bits per heavy atom. The Bertz CT molecular complexity index is 507. The standard InChI is InChI=1S/C16H30N4O8/c1-3-11(23)18-8-12(24)17-4-5-26-6-7-27-16-14(19-10(2)22)15(25)20-13(9-21)28-16/h13-16,20-21,25H,3-9H2,1-2H3,(H,17,24)(H,18,23)(H,19,22). The van der Waals surface area contributed by atoms with Crippen molar-refractivity contribution in [1.29, 1.82) is 0 Å². The van der Waals surface area contributed by atoms with Crippen LogP contribution < -0.4 is 21.3 Å². The number of aliphatic hydroxyl groups excluding tert-OH is 2. The fourth-order valence-corrected chi connectivity index (χ4v) is 2.30. The molecule has 0 radical (unpaired) electrons.